The zero-order chi connectivity index (χ0) is 18.2. The lowest BCUT2D eigenvalue weighted by Gasteiger charge is -2.05. The number of rotatable bonds is 5. The molecule has 2 aromatic carbocycles. The van der Waals surface area contributed by atoms with Gasteiger partial charge in [0.15, 0.2) is 0 Å². The molecule has 8 nitrogen and oxygen atoms in total. The average Bonchev–Trinajstić information content (AvgIpc) is 2.62. The fraction of sp³-hybridized carbons (Fsp3) is 0.0588. The first-order valence-electron chi connectivity index (χ1n) is 7.12. The Morgan fingerprint density at radius 3 is 2.36 bits per heavy atom. The molecule has 0 aliphatic carbocycles. The van der Waals surface area contributed by atoms with Crippen LogP contribution in [-0.4, -0.2) is 36.2 Å². The lowest BCUT2D eigenvalue weighted by molar-refractivity contribution is -0.136. The second-order valence-corrected chi connectivity index (χ2v) is 4.77. The lowest BCUT2D eigenvalue weighted by Crippen LogP contribution is -2.32. The summed E-state index contributed by atoms with van der Waals surface area (Å²) in [4.78, 5) is 34.5. The van der Waals surface area contributed by atoms with E-state index in [1.165, 1.54) is 19.2 Å². The SMILES string of the molecule is COc1ccc(NC(=O)C(=O)N/N=C\c2ccccc2C(=O)O)cc1. The summed E-state index contributed by atoms with van der Waals surface area (Å²) < 4.78 is 4.99. The van der Waals surface area contributed by atoms with Crippen LogP contribution in [0.15, 0.2) is 53.6 Å². The minimum atomic E-state index is -1.12. The number of hydrazone groups is 1. The molecule has 25 heavy (non-hydrogen) atoms. The summed E-state index contributed by atoms with van der Waals surface area (Å²) in [7, 11) is 1.52. The monoisotopic (exact) mass is 341 g/mol. The molecule has 0 aromatic heterocycles. The van der Waals surface area contributed by atoms with Gasteiger partial charge in [0.1, 0.15) is 5.75 Å². The van der Waals surface area contributed by atoms with Crippen molar-refractivity contribution in [2.45, 2.75) is 0 Å². The highest BCUT2D eigenvalue weighted by atomic mass is 16.5. The van der Waals surface area contributed by atoms with Crippen molar-refractivity contribution < 1.29 is 24.2 Å². The van der Waals surface area contributed by atoms with Gasteiger partial charge in [-0.05, 0) is 30.3 Å². The highest BCUT2D eigenvalue weighted by Crippen LogP contribution is 2.14. The molecule has 8 heteroatoms. The first-order chi connectivity index (χ1) is 12.0. The Bertz CT molecular complexity index is 815. The van der Waals surface area contributed by atoms with Gasteiger partial charge < -0.3 is 15.2 Å². The van der Waals surface area contributed by atoms with E-state index in [1.54, 1.807) is 36.4 Å². The van der Waals surface area contributed by atoms with Crippen molar-refractivity contribution in [2.24, 2.45) is 5.10 Å². The van der Waals surface area contributed by atoms with Crippen molar-refractivity contribution in [3.8, 4) is 5.75 Å². The smallest absolute Gasteiger partial charge is 0.336 e. The molecule has 2 amide bonds. The third-order valence-electron chi connectivity index (χ3n) is 3.12. The fourth-order valence-electron chi connectivity index (χ4n) is 1.88. The van der Waals surface area contributed by atoms with Crippen LogP contribution in [-0.2, 0) is 9.59 Å². The normalized spacial score (nSPS) is 10.3. The van der Waals surface area contributed by atoms with Crippen LogP contribution >= 0.6 is 0 Å². The van der Waals surface area contributed by atoms with Gasteiger partial charge in [-0.3, -0.25) is 9.59 Å². The number of carbonyl (C=O) groups excluding carboxylic acids is 2. The van der Waals surface area contributed by atoms with E-state index in [-0.39, 0.29) is 5.56 Å². The summed E-state index contributed by atoms with van der Waals surface area (Å²) in [6.45, 7) is 0. The Balaban J connectivity index is 1.95. The number of benzene rings is 2. The van der Waals surface area contributed by atoms with Crippen LogP contribution in [0.2, 0.25) is 0 Å². The van der Waals surface area contributed by atoms with E-state index >= 15 is 0 Å². The molecular weight excluding hydrogens is 326 g/mol. The maximum absolute atomic E-state index is 11.8. The standard InChI is InChI=1S/C17H15N3O5/c1-25-13-8-6-12(7-9-13)19-15(21)16(22)20-18-10-11-4-2-3-5-14(11)17(23)24/h2-10H,1H3,(H,19,21)(H,20,22)(H,23,24)/b18-10-. The van der Waals surface area contributed by atoms with Gasteiger partial charge in [-0.2, -0.15) is 5.10 Å². The maximum Gasteiger partial charge on any atom is 0.336 e. The van der Waals surface area contributed by atoms with Crippen molar-refractivity contribution in [1.82, 2.24) is 5.43 Å². The molecule has 0 heterocycles. The van der Waals surface area contributed by atoms with Crippen LogP contribution in [0.5, 0.6) is 5.75 Å². The van der Waals surface area contributed by atoms with E-state index < -0.39 is 17.8 Å². The van der Waals surface area contributed by atoms with Crippen molar-refractivity contribution in [3.63, 3.8) is 0 Å². The van der Waals surface area contributed by atoms with E-state index in [2.05, 4.69) is 10.4 Å². The lowest BCUT2D eigenvalue weighted by atomic mass is 10.1. The minimum absolute atomic E-state index is 0.0307. The predicted octanol–water partition coefficient (Wildman–Crippen LogP) is 1.48. The Morgan fingerprint density at radius 2 is 1.72 bits per heavy atom. The van der Waals surface area contributed by atoms with Crippen LogP contribution in [0, 0.1) is 0 Å². The van der Waals surface area contributed by atoms with Gasteiger partial charge in [0, 0.05) is 11.3 Å². The topological polar surface area (TPSA) is 117 Å². The van der Waals surface area contributed by atoms with Gasteiger partial charge in [0.25, 0.3) is 0 Å². The molecule has 0 fully saturated rings. The van der Waals surface area contributed by atoms with Crippen molar-refractivity contribution in [3.05, 3.63) is 59.7 Å². The zero-order valence-electron chi connectivity index (χ0n) is 13.2. The fourth-order valence-corrected chi connectivity index (χ4v) is 1.88. The van der Waals surface area contributed by atoms with Crippen LogP contribution in [0.4, 0.5) is 5.69 Å². The van der Waals surface area contributed by atoms with Gasteiger partial charge in [0.05, 0.1) is 18.9 Å². The molecule has 0 aliphatic heterocycles. The minimum Gasteiger partial charge on any atom is -0.497 e. The number of methoxy groups -OCH3 is 1. The number of carboxylic acid groups (broad SMARTS) is 1. The van der Waals surface area contributed by atoms with Crippen molar-refractivity contribution in [2.75, 3.05) is 12.4 Å². The summed E-state index contributed by atoms with van der Waals surface area (Å²) in [6.07, 6.45) is 1.15. The summed E-state index contributed by atoms with van der Waals surface area (Å²) in [5, 5.41) is 15.0. The molecule has 0 radical (unpaired) electrons. The number of nitrogens with one attached hydrogen (secondary N) is 2. The van der Waals surface area contributed by atoms with Crippen LogP contribution in [0.25, 0.3) is 0 Å². The molecule has 2 rings (SSSR count). The summed E-state index contributed by atoms with van der Waals surface area (Å²) in [5.74, 6) is -2.40. The van der Waals surface area contributed by atoms with Crippen LogP contribution in [0.3, 0.4) is 0 Å². The van der Waals surface area contributed by atoms with E-state index in [9.17, 15) is 14.4 Å². The third kappa shape index (κ3) is 4.90. The van der Waals surface area contributed by atoms with E-state index in [4.69, 9.17) is 9.84 Å². The Hall–Kier alpha value is -3.68. The number of ether oxygens (including phenoxy) is 1. The number of aromatic carboxylic acids is 1. The Labute approximate surface area is 143 Å². The number of anilines is 1. The van der Waals surface area contributed by atoms with Gasteiger partial charge in [-0.25, -0.2) is 10.2 Å². The summed E-state index contributed by atoms with van der Waals surface area (Å²) in [6, 6.07) is 12.6. The van der Waals surface area contributed by atoms with E-state index in [0.717, 1.165) is 6.21 Å². The quantitative estimate of drug-likeness (QED) is 0.433. The van der Waals surface area contributed by atoms with Crippen molar-refractivity contribution >= 4 is 29.7 Å². The molecule has 0 unspecified atom stereocenters. The van der Waals surface area contributed by atoms with Gasteiger partial charge >= 0.3 is 17.8 Å². The Kier molecular flexibility index (Phi) is 5.83. The van der Waals surface area contributed by atoms with Crippen molar-refractivity contribution in [1.29, 1.82) is 0 Å². The average molecular weight is 341 g/mol. The Morgan fingerprint density at radius 1 is 1.04 bits per heavy atom. The van der Waals surface area contributed by atoms with Gasteiger partial charge in [-0.1, -0.05) is 18.2 Å². The number of hydrogen-bond donors (Lipinski definition) is 3. The number of hydrogen-bond acceptors (Lipinski definition) is 5. The number of carbonyl (C=O) groups is 3. The molecule has 0 saturated heterocycles. The van der Waals surface area contributed by atoms with E-state index in [1.807, 2.05) is 5.43 Å². The molecule has 0 aliphatic rings. The third-order valence-corrected chi connectivity index (χ3v) is 3.12. The maximum atomic E-state index is 11.8. The largest absolute Gasteiger partial charge is 0.497 e. The highest BCUT2D eigenvalue weighted by molar-refractivity contribution is 6.39. The summed E-state index contributed by atoms with van der Waals surface area (Å²) in [5.41, 5.74) is 2.79. The zero-order valence-corrected chi connectivity index (χ0v) is 13.2. The molecule has 0 spiro atoms. The molecule has 0 saturated carbocycles. The molecule has 128 valence electrons. The van der Waals surface area contributed by atoms with Gasteiger partial charge in [0.2, 0.25) is 0 Å². The first kappa shape index (κ1) is 17.7. The van der Waals surface area contributed by atoms with Crippen LogP contribution in [0.1, 0.15) is 15.9 Å². The number of amides is 2. The second kappa shape index (κ2) is 8.25. The van der Waals surface area contributed by atoms with Gasteiger partial charge in [-0.15, -0.1) is 0 Å². The number of carboxylic acids is 1. The predicted molar refractivity (Wildman–Crippen MR) is 90.8 cm³/mol. The molecule has 0 atom stereocenters. The molecular formula is C17H15N3O5. The number of nitrogens with zero attached hydrogens (tertiary/aromatic N) is 1. The highest BCUT2D eigenvalue weighted by Gasteiger charge is 2.13. The molecule has 0 bridgehead atoms. The molecule has 2 aromatic rings. The van der Waals surface area contributed by atoms with Crippen LogP contribution < -0.4 is 15.5 Å². The van der Waals surface area contributed by atoms with E-state index in [0.29, 0.717) is 17.0 Å². The molecule has 3 N–H and O–H groups in total. The summed E-state index contributed by atoms with van der Waals surface area (Å²) >= 11 is 0. The first-order valence-corrected chi connectivity index (χ1v) is 7.12. The second-order valence-electron chi connectivity index (χ2n) is 4.77.